The molecule has 1 unspecified atom stereocenters. The molecule has 0 heterocycles. The van der Waals surface area contributed by atoms with Crippen molar-refractivity contribution in [1.82, 2.24) is 5.32 Å². The minimum Gasteiger partial charge on any atom is -0.491 e. The summed E-state index contributed by atoms with van der Waals surface area (Å²) >= 11 is 0. The molecule has 0 spiro atoms. The zero-order valence-electron chi connectivity index (χ0n) is 13.4. The van der Waals surface area contributed by atoms with Crippen molar-refractivity contribution >= 4 is 0 Å². The number of nitrogens with one attached hydrogen (secondary N) is 1. The molecule has 2 N–H and O–H groups in total. The fourth-order valence-electron chi connectivity index (χ4n) is 2.98. The van der Waals surface area contributed by atoms with Crippen LogP contribution in [-0.4, -0.2) is 30.9 Å². The van der Waals surface area contributed by atoms with Gasteiger partial charge < -0.3 is 15.2 Å². The summed E-state index contributed by atoms with van der Waals surface area (Å²) in [5.41, 5.74) is 2.29. The zero-order chi connectivity index (χ0) is 15.1. The van der Waals surface area contributed by atoms with Gasteiger partial charge in [0.25, 0.3) is 0 Å². The van der Waals surface area contributed by atoms with Gasteiger partial charge in [-0.2, -0.15) is 0 Å². The molecule has 118 valence electrons. The maximum atomic E-state index is 9.98. The van der Waals surface area contributed by atoms with Crippen LogP contribution in [0.1, 0.15) is 43.2 Å². The summed E-state index contributed by atoms with van der Waals surface area (Å²) in [6.07, 6.45) is 6.37. The quantitative estimate of drug-likeness (QED) is 0.723. The second-order valence-electron chi connectivity index (χ2n) is 6.38. The molecule has 0 saturated heterocycles. The lowest BCUT2D eigenvalue weighted by Gasteiger charge is -2.16. The molecule has 1 aromatic carbocycles. The molecular weight excluding hydrogens is 262 g/mol. The first-order valence-electron chi connectivity index (χ1n) is 8.24. The van der Waals surface area contributed by atoms with E-state index in [2.05, 4.69) is 17.4 Å². The van der Waals surface area contributed by atoms with Gasteiger partial charge in [0.2, 0.25) is 0 Å². The molecule has 1 aliphatic rings. The van der Waals surface area contributed by atoms with Gasteiger partial charge in [0.1, 0.15) is 18.5 Å². The molecule has 1 atom stereocenters. The largest absolute Gasteiger partial charge is 0.491 e. The Bertz CT molecular complexity index is 427. The molecule has 0 aliphatic heterocycles. The van der Waals surface area contributed by atoms with E-state index in [1.165, 1.54) is 37.7 Å². The molecule has 1 aromatic rings. The van der Waals surface area contributed by atoms with Crippen LogP contribution in [0.25, 0.3) is 0 Å². The third-order valence-corrected chi connectivity index (χ3v) is 4.36. The third kappa shape index (κ3) is 5.68. The highest BCUT2D eigenvalue weighted by molar-refractivity contribution is 5.35. The maximum Gasteiger partial charge on any atom is 0.122 e. The zero-order valence-corrected chi connectivity index (χ0v) is 13.4. The minimum atomic E-state index is -0.450. The van der Waals surface area contributed by atoms with Crippen molar-refractivity contribution < 1.29 is 9.84 Å². The fourth-order valence-corrected chi connectivity index (χ4v) is 2.98. The molecule has 3 nitrogen and oxygen atoms in total. The number of aliphatic hydroxyl groups excluding tert-OH is 1. The first kappa shape index (κ1) is 16.3. The van der Waals surface area contributed by atoms with Crippen LogP contribution < -0.4 is 10.1 Å². The Kier molecular flexibility index (Phi) is 6.52. The molecule has 1 saturated carbocycles. The van der Waals surface area contributed by atoms with Crippen LogP contribution in [0, 0.1) is 19.8 Å². The van der Waals surface area contributed by atoms with Crippen molar-refractivity contribution in [1.29, 1.82) is 0 Å². The first-order valence-corrected chi connectivity index (χ1v) is 8.24. The lowest BCUT2D eigenvalue weighted by atomic mass is 10.0. The second kappa shape index (κ2) is 8.40. The van der Waals surface area contributed by atoms with E-state index >= 15 is 0 Å². The number of ether oxygens (including phenoxy) is 1. The van der Waals surface area contributed by atoms with Crippen LogP contribution in [0.15, 0.2) is 18.2 Å². The molecule has 21 heavy (non-hydrogen) atoms. The molecular formula is C18H29NO2. The van der Waals surface area contributed by atoms with E-state index in [0.29, 0.717) is 13.2 Å². The Balaban J connectivity index is 1.60. The van der Waals surface area contributed by atoms with Gasteiger partial charge in [-0.25, -0.2) is 0 Å². The van der Waals surface area contributed by atoms with Crippen molar-refractivity contribution in [3.63, 3.8) is 0 Å². The van der Waals surface area contributed by atoms with Gasteiger partial charge in [-0.15, -0.1) is 0 Å². The monoisotopic (exact) mass is 291 g/mol. The predicted octanol–water partition coefficient (Wildman–Crippen LogP) is 3.21. The van der Waals surface area contributed by atoms with Crippen molar-refractivity contribution in [2.24, 2.45) is 5.92 Å². The smallest absolute Gasteiger partial charge is 0.122 e. The Morgan fingerprint density at radius 1 is 1.29 bits per heavy atom. The summed E-state index contributed by atoms with van der Waals surface area (Å²) in [5, 5.41) is 13.3. The van der Waals surface area contributed by atoms with Crippen molar-refractivity contribution in [3.8, 4) is 5.75 Å². The second-order valence-corrected chi connectivity index (χ2v) is 6.38. The molecule has 0 aromatic heterocycles. The summed E-state index contributed by atoms with van der Waals surface area (Å²) in [7, 11) is 0. The summed E-state index contributed by atoms with van der Waals surface area (Å²) in [5.74, 6) is 1.78. The predicted molar refractivity (Wildman–Crippen MR) is 86.9 cm³/mol. The summed E-state index contributed by atoms with van der Waals surface area (Å²) in [4.78, 5) is 0. The van der Waals surface area contributed by atoms with Gasteiger partial charge in [-0.05, 0) is 49.9 Å². The van der Waals surface area contributed by atoms with Gasteiger partial charge in [-0.1, -0.05) is 37.8 Å². The van der Waals surface area contributed by atoms with E-state index < -0.39 is 6.10 Å². The van der Waals surface area contributed by atoms with E-state index in [1.54, 1.807) is 0 Å². The lowest BCUT2D eigenvalue weighted by molar-refractivity contribution is 0.106. The maximum absolute atomic E-state index is 9.98. The number of aliphatic hydroxyl groups is 1. The minimum absolute atomic E-state index is 0.348. The molecule has 1 fully saturated rings. The Hall–Kier alpha value is -1.06. The topological polar surface area (TPSA) is 41.5 Å². The van der Waals surface area contributed by atoms with Crippen molar-refractivity contribution in [2.45, 2.75) is 52.1 Å². The van der Waals surface area contributed by atoms with E-state index in [4.69, 9.17) is 4.74 Å². The highest BCUT2D eigenvalue weighted by Crippen LogP contribution is 2.26. The average Bonchev–Trinajstić information content (AvgIpc) is 2.98. The highest BCUT2D eigenvalue weighted by Gasteiger charge is 2.14. The van der Waals surface area contributed by atoms with Crippen LogP contribution in [0.2, 0.25) is 0 Å². The Labute approximate surface area is 128 Å². The number of hydrogen-bond acceptors (Lipinski definition) is 3. The number of aryl methyl sites for hydroxylation is 2. The average molecular weight is 291 g/mol. The Morgan fingerprint density at radius 3 is 2.81 bits per heavy atom. The van der Waals surface area contributed by atoms with Gasteiger partial charge in [0.05, 0.1) is 0 Å². The first-order chi connectivity index (χ1) is 10.1. The third-order valence-electron chi connectivity index (χ3n) is 4.36. The van der Waals surface area contributed by atoms with Crippen molar-refractivity contribution in [2.75, 3.05) is 19.7 Å². The molecule has 0 radical (unpaired) electrons. The normalized spacial score (nSPS) is 17.1. The molecule has 3 heteroatoms. The van der Waals surface area contributed by atoms with E-state index in [9.17, 15) is 5.11 Å². The van der Waals surface area contributed by atoms with E-state index in [-0.39, 0.29) is 0 Å². The van der Waals surface area contributed by atoms with Gasteiger partial charge >= 0.3 is 0 Å². The van der Waals surface area contributed by atoms with E-state index in [1.807, 2.05) is 19.9 Å². The molecule has 1 aliphatic carbocycles. The lowest BCUT2D eigenvalue weighted by Crippen LogP contribution is -2.32. The molecule has 2 rings (SSSR count). The van der Waals surface area contributed by atoms with Crippen LogP contribution in [0.5, 0.6) is 5.75 Å². The van der Waals surface area contributed by atoms with Crippen LogP contribution in [0.4, 0.5) is 0 Å². The van der Waals surface area contributed by atoms with Gasteiger partial charge in [0, 0.05) is 6.54 Å². The van der Waals surface area contributed by atoms with Gasteiger partial charge in [0.15, 0.2) is 0 Å². The SMILES string of the molecule is Cc1ccc(C)c(OCC(O)CNCCC2CCCC2)c1. The van der Waals surface area contributed by atoms with Crippen LogP contribution >= 0.6 is 0 Å². The standard InChI is InChI=1S/C18H29NO2/c1-14-7-8-15(2)18(11-14)21-13-17(20)12-19-10-9-16-5-3-4-6-16/h7-8,11,16-17,19-20H,3-6,9-10,12-13H2,1-2H3. The Morgan fingerprint density at radius 2 is 2.05 bits per heavy atom. The number of benzene rings is 1. The molecule has 0 amide bonds. The highest BCUT2D eigenvalue weighted by atomic mass is 16.5. The van der Waals surface area contributed by atoms with Crippen LogP contribution in [-0.2, 0) is 0 Å². The van der Waals surface area contributed by atoms with E-state index in [0.717, 1.165) is 23.8 Å². The van der Waals surface area contributed by atoms with Gasteiger partial charge in [-0.3, -0.25) is 0 Å². The number of hydrogen-bond donors (Lipinski definition) is 2. The summed E-state index contributed by atoms with van der Waals surface area (Å²) < 4.78 is 5.72. The fraction of sp³-hybridized carbons (Fsp3) is 0.667. The molecule has 0 bridgehead atoms. The summed E-state index contributed by atoms with van der Waals surface area (Å²) in [6.45, 7) is 6.04. The van der Waals surface area contributed by atoms with Crippen LogP contribution in [0.3, 0.4) is 0 Å². The van der Waals surface area contributed by atoms with Crippen molar-refractivity contribution in [3.05, 3.63) is 29.3 Å². The summed E-state index contributed by atoms with van der Waals surface area (Å²) in [6, 6.07) is 6.15. The number of rotatable bonds is 8.